The molecule has 0 aromatic heterocycles. The van der Waals surface area contributed by atoms with Crippen LogP contribution in [0.3, 0.4) is 0 Å². The fourth-order valence-electron chi connectivity index (χ4n) is 4.41. The van der Waals surface area contributed by atoms with Crippen molar-refractivity contribution in [2.24, 2.45) is 0 Å². The van der Waals surface area contributed by atoms with Gasteiger partial charge >= 0.3 is 22.6 Å². The molecule has 4 rings (SSSR count). The highest BCUT2D eigenvalue weighted by Gasteiger charge is 2.37. The van der Waals surface area contributed by atoms with Crippen LogP contribution in [0.4, 0.5) is 32.0 Å². The van der Waals surface area contributed by atoms with E-state index in [1.165, 1.54) is 16.4 Å². The summed E-state index contributed by atoms with van der Waals surface area (Å²) in [4.78, 5) is 0. The van der Waals surface area contributed by atoms with Crippen LogP contribution in [-0.4, -0.2) is 31.9 Å². The van der Waals surface area contributed by atoms with Gasteiger partial charge in [-0.15, -0.1) is 0 Å². The minimum atomic E-state index is -4.93. The second-order valence-electron chi connectivity index (χ2n) is 9.01. The van der Waals surface area contributed by atoms with E-state index in [-0.39, 0.29) is 29.8 Å². The number of alkyl halides is 6. The molecule has 0 aliphatic carbocycles. The second-order valence-corrected chi connectivity index (χ2v) is 10.6. The van der Waals surface area contributed by atoms with E-state index in [0.717, 1.165) is 0 Å². The third-order valence-electron chi connectivity index (χ3n) is 6.21. The zero-order valence-electron chi connectivity index (χ0n) is 20.0. The predicted molar refractivity (Wildman–Crippen MR) is 132 cm³/mol. The summed E-state index contributed by atoms with van der Waals surface area (Å²) in [5.74, 6) is 0. The van der Waals surface area contributed by atoms with Crippen LogP contribution in [0.15, 0.2) is 72.8 Å². The highest BCUT2D eigenvalue weighted by Crippen LogP contribution is 2.38. The molecule has 1 aliphatic heterocycles. The van der Waals surface area contributed by atoms with Crippen LogP contribution in [-0.2, 0) is 29.1 Å². The minimum absolute atomic E-state index is 0.100. The van der Waals surface area contributed by atoms with Gasteiger partial charge in [-0.25, -0.2) is 0 Å². The van der Waals surface area contributed by atoms with E-state index in [0.29, 0.717) is 49.3 Å². The average Bonchev–Trinajstić information content (AvgIpc) is 3.33. The molecule has 1 aliphatic rings. The van der Waals surface area contributed by atoms with Gasteiger partial charge in [-0.1, -0.05) is 36.4 Å². The number of rotatable bonds is 8. The Morgan fingerprint density at radius 1 is 0.816 bits per heavy atom. The molecule has 0 bridgehead atoms. The number of para-hydroxylation sites is 1. The Hall–Kier alpha value is -3.09. The van der Waals surface area contributed by atoms with Gasteiger partial charge in [0.1, 0.15) is 0 Å². The number of nitrogens with zero attached hydrogens (tertiary/aromatic N) is 1. The van der Waals surface area contributed by atoms with Crippen molar-refractivity contribution in [1.29, 1.82) is 0 Å². The van der Waals surface area contributed by atoms with Gasteiger partial charge in [-0.3, -0.25) is 4.72 Å². The topological polar surface area (TPSA) is 61.4 Å². The highest BCUT2D eigenvalue weighted by molar-refractivity contribution is 7.90. The van der Waals surface area contributed by atoms with Gasteiger partial charge in [-0.2, -0.15) is 39.1 Å². The molecule has 0 unspecified atom stereocenters. The molecule has 3 aromatic carbocycles. The SMILES string of the molecule is O=S(=O)(Nc1ccccc1)N1CCC[C@H]1CNCc1cccc(-c2cc(C(F)(F)F)cc(C(F)(F)F)c2)c1. The first-order chi connectivity index (χ1) is 17.8. The van der Waals surface area contributed by atoms with Crippen LogP contribution >= 0.6 is 0 Å². The van der Waals surface area contributed by atoms with Crippen molar-refractivity contribution < 1.29 is 34.8 Å². The molecule has 5 nitrogen and oxygen atoms in total. The van der Waals surface area contributed by atoms with Crippen molar-refractivity contribution in [2.75, 3.05) is 17.8 Å². The predicted octanol–water partition coefficient (Wildman–Crippen LogP) is 6.30. The van der Waals surface area contributed by atoms with Crippen molar-refractivity contribution >= 4 is 15.9 Å². The summed E-state index contributed by atoms with van der Waals surface area (Å²) in [6.45, 7) is 0.929. The van der Waals surface area contributed by atoms with Gasteiger partial charge in [0.05, 0.1) is 11.1 Å². The van der Waals surface area contributed by atoms with E-state index in [9.17, 15) is 34.8 Å². The molecule has 0 radical (unpaired) electrons. The van der Waals surface area contributed by atoms with Gasteiger partial charge in [0.15, 0.2) is 0 Å². The molecule has 1 saturated heterocycles. The van der Waals surface area contributed by atoms with Crippen molar-refractivity contribution in [3.63, 3.8) is 0 Å². The quantitative estimate of drug-likeness (QED) is 0.320. The molecular weight excluding hydrogens is 532 g/mol. The fourth-order valence-corrected chi connectivity index (χ4v) is 5.90. The lowest BCUT2D eigenvalue weighted by Crippen LogP contribution is -2.44. The maximum Gasteiger partial charge on any atom is 0.416 e. The Morgan fingerprint density at radius 3 is 2.11 bits per heavy atom. The largest absolute Gasteiger partial charge is 0.416 e. The lowest BCUT2D eigenvalue weighted by Gasteiger charge is -2.25. The smallest absolute Gasteiger partial charge is 0.311 e. The van der Waals surface area contributed by atoms with Crippen molar-refractivity contribution in [3.05, 3.63) is 89.5 Å². The van der Waals surface area contributed by atoms with Gasteiger partial charge in [-0.05, 0) is 65.9 Å². The molecule has 1 atom stereocenters. The van der Waals surface area contributed by atoms with Crippen LogP contribution in [0.2, 0.25) is 0 Å². The van der Waals surface area contributed by atoms with E-state index in [4.69, 9.17) is 0 Å². The van der Waals surface area contributed by atoms with Gasteiger partial charge in [0, 0.05) is 31.4 Å². The Balaban J connectivity index is 1.45. The Labute approximate surface area is 216 Å². The molecule has 1 heterocycles. The molecule has 204 valence electrons. The van der Waals surface area contributed by atoms with E-state index in [1.807, 2.05) is 0 Å². The van der Waals surface area contributed by atoms with Crippen LogP contribution in [0.5, 0.6) is 0 Å². The number of anilines is 1. The highest BCUT2D eigenvalue weighted by atomic mass is 32.2. The first kappa shape index (κ1) is 27.9. The molecule has 0 amide bonds. The summed E-state index contributed by atoms with van der Waals surface area (Å²) in [7, 11) is -3.77. The summed E-state index contributed by atoms with van der Waals surface area (Å²) in [6, 6.07) is 15.9. The number of benzene rings is 3. The lowest BCUT2D eigenvalue weighted by molar-refractivity contribution is -0.143. The number of hydrogen-bond donors (Lipinski definition) is 2. The van der Waals surface area contributed by atoms with Gasteiger partial charge in [0.2, 0.25) is 0 Å². The van der Waals surface area contributed by atoms with Crippen LogP contribution < -0.4 is 10.0 Å². The van der Waals surface area contributed by atoms with Crippen molar-refractivity contribution in [2.45, 2.75) is 37.8 Å². The monoisotopic (exact) mass is 557 g/mol. The van der Waals surface area contributed by atoms with E-state index >= 15 is 0 Å². The van der Waals surface area contributed by atoms with Gasteiger partial charge < -0.3 is 5.32 Å². The summed E-state index contributed by atoms with van der Waals surface area (Å²) < 4.78 is 109. The summed E-state index contributed by atoms with van der Waals surface area (Å²) in [5, 5.41) is 3.17. The minimum Gasteiger partial charge on any atom is -0.311 e. The van der Waals surface area contributed by atoms with E-state index < -0.39 is 33.7 Å². The average molecular weight is 558 g/mol. The molecule has 0 saturated carbocycles. The second kappa shape index (κ2) is 11.0. The van der Waals surface area contributed by atoms with Gasteiger partial charge in [0.25, 0.3) is 0 Å². The molecule has 3 aromatic rings. The zero-order chi connectivity index (χ0) is 27.6. The normalized spacial score (nSPS) is 17.1. The fraction of sp³-hybridized carbons (Fsp3) is 0.308. The molecule has 2 N–H and O–H groups in total. The summed E-state index contributed by atoms with van der Waals surface area (Å²) >= 11 is 0. The lowest BCUT2D eigenvalue weighted by atomic mass is 9.98. The molecule has 12 heteroatoms. The van der Waals surface area contributed by atoms with E-state index in [1.54, 1.807) is 42.5 Å². The number of nitrogens with one attached hydrogen (secondary N) is 2. The van der Waals surface area contributed by atoms with Crippen LogP contribution in [0.1, 0.15) is 29.5 Å². The third kappa shape index (κ3) is 6.86. The van der Waals surface area contributed by atoms with Crippen LogP contribution in [0, 0.1) is 0 Å². The Morgan fingerprint density at radius 2 is 1.47 bits per heavy atom. The van der Waals surface area contributed by atoms with Crippen molar-refractivity contribution in [3.8, 4) is 11.1 Å². The van der Waals surface area contributed by atoms with Crippen LogP contribution in [0.25, 0.3) is 11.1 Å². The standard InChI is InChI=1S/C26H25F6N3O2S/c27-25(28,29)21-13-20(14-22(15-21)26(30,31)32)19-7-4-6-18(12-19)16-33-17-24-10-5-11-35(24)38(36,37)34-23-8-2-1-3-9-23/h1-4,6-9,12-15,24,33-34H,5,10-11,16-17H2/t24-/m0/s1. The number of halogens is 6. The first-order valence-electron chi connectivity index (χ1n) is 11.8. The maximum atomic E-state index is 13.3. The Kier molecular flexibility index (Phi) is 8.05. The molecular formula is C26H25F6N3O2S. The zero-order valence-corrected chi connectivity index (χ0v) is 20.8. The maximum absolute atomic E-state index is 13.3. The summed E-state index contributed by atoms with van der Waals surface area (Å²) in [5.41, 5.74) is -1.67. The molecule has 1 fully saturated rings. The molecule has 38 heavy (non-hydrogen) atoms. The Bertz CT molecular complexity index is 1330. The number of hydrogen-bond acceptors (Lipinski definition) is 3. The van der Waals surface area contributed by atoms with Crippen molar-refractivity contribution in [1.82, 2.24) is 9.62 Å². The molecule has 0 spiro atoms. The summed E-state index contributed by atoms with van der Waals surface area (Å²) in [6.07, 6.45) is -8.53. The first-order valence-corrected chi connectivity index (χ1v) is 13.2. The third-order valence-corrected chi connectivity index (χ3v) is 7.80. The van der Waals surface area contributed by atoms with E-state index in [2.05, 4.69) is 10.0 Å².